The van der Waals surface area contributed by atoms with Gasteiger partial charge in [-0.1, -0.05) is 42.4 Å². The number of hydrogen-bond donors (Lipinski definition) is 1. The Morgan fingerprint density at radius 2 is 1.94 bits per heavy atom. The number of rotatable bonds is 5. The van der Waals surface area contributed by atoms with Crippen LogP contribution >= 0.6 is 23.7 Å². The molecule has 1 fully saturated rings. The number of halogens is 1. The summed E-state index contributed by atoms with van der Waals surface area (Å²) < 4.78 is 8.97. The number of nitrogens with one attached hydrogen (secondary N) is 1. The van der Waals surface area contributed by atoms with E-state index in [4.69, 9.17) is 4.52 Å². The Hall–Kier alpha value is -2.75. The molecule has 1 aromatic carbocycles. The summed E-state index contributed by atoms with van der Waals surface area (Å²) in [5.74, 6) is 0.962. The first kappa shape index (κ1) is 22.4. The van der Waals surface area contributed by atoms with Crippen molar-refractivity contribution in [1.29, 1.82) is 0 Å². The standard InChI is InChI=1S/C22H23N5O3S.ClH/c1-2-18-24-19(30-25-18)13-26-16-12-17(14-6-4-3-5-7-14)31-20(16)21(28)27(22(26)29)15-8-10-23-11-9-15;/h3-7,12,15,23H,2,8-11,13H2,1H3;1H. The first-order chi connectivity index (χ1) is 15.2. The minimum Gasteiger partial charge on any atom is -0.337 e. The van der Waals surface area contributed by atoms with Crippen molar-refractivity contribution in [1.82, 2.24) is 24.6 Å². The number of hydrogen-bond acceptors (Lipinski definition) is 7. The predicted octanol–water partition coefficient (Wildman–Crippen LogP) is 3.23. The van der Waals surface area contributed by atoms with Gasteiger partial charge in [0.2, 0.25) is 5.89 Å². The van der Waals surface area contributed by atoms with E-state index < -0.39 is 0 Å². The Morgan fingerprint density at radius 1 is 1.19 bits per heavy atom. The molecule has 3 aromatic heterocycles. The molecule has 1 saturated heterocycles. The van der Waals surface area contributed by atoms with Crippen molar-refractivity contribution < 1.29 is 4.52 Å². The highest BCUT2D eigenvalue weighted by Gasteiger charge is 2.24. The molecule has 4 heterocycles. The highest BCUT2D eigenvalue weighted by Crippen LogP contribution is 2.32. The molecule has 0 aliphatic carbocycles. The highest BCUT2D eigenvalue weighted by atomic mass is 35.5. The zero-order valence-electron chi connectivity index (χ0n) is 17.6. The van der Waals surface area contributed by atoms with Crippen LogP contribution in [0.3, 0.4) is 0 Å². The fourth-order valence-electron chi connectivity index (χ4n) is 4.08. The maximum absolute atomic E-state index is 13.5. The van der Waals surface area contributed by atoms with Crippen LogP contribution in [-0.2, 0) is 13.0 Å². The van der Waals surface area contributed by atoms with Crippen molar-refractivity contribution >= 4 is 34.0 Å². The van der Waals surface area contributed by atoms with E-state index in [9.17, 15) is 9.59 Å². The van der Waals surface area contributed by atoms with E-state index in [0.717, 1.165) is 36.4 Å². The number of aromatic nitrogens is 4. The molecule has 5 rings (SSSR count). The van der Waals surface area contributed by atoms with E-state index in [1.54, 1.807) is 4.57 Å². The third-order valence-corrected chi connectivity index (χ3v) is 6.87. The molecule has 32 heavy (non-hydrogen) atoms. The normalized spacial score (nSPS) is 14.5. The first-order valence-electron chi connectivity index (χ1n) is 10.5. The van der Waals surface area contributed by atoms with Crippen molar-refractivity contribution in [2.24, 2.45) is 0 Å². The van der Waals surface area contributed by atoms with Crippen LogP contribution in [0.2, 0.25) is 0 Å². The average Bonchev–Trinajstić information content (AvgIpc) is 3.45. The van der Waals surface area contributed by atoms with Gasteiger partial charge in [-0.05, 0) is 37.6 Å². The van der Waals surface area contributed by atoms with Crippen LogP contribution in [0.15, 0.2) is 50.5 Å². The predicted molar refractivity (Wildman–Crippen MR) is 127 cm³/mol. The van der Waals surface area contributed by atoms with Gasteiger partial charge in [0.05, 0.1) is 5.52 Å². The third kappa shape index (κ3) is 4.03. The summed E-state index contributed by atoms with van der Waals surface area (Å²) in [6.07, 6.45) is 2.15. The number of benzene rings is 1. The molecule has 1 aliphatic rings. The van der Waals surface area contributed by atoms with Gasteiger partial charge in [0.15, 0.2) is 5.82 Å². The maximum Gasteiger partial charge on any atom is 0.332 e. The Labute approximate surface area is 194 Å². The van der Waals surface area contributed by atoms with Crippen molar-refractivity contribution in [3.8, 4) is 10.4 Å². The van der Waals surface area contributed by atoms with Gasteiger partial charge in [-0.3, -0.25) is 13.9 Å². The molecule has 0 saturated carbocycles. The van der Waals surface area contributed by atoms with Crippen LogP contribution in [-0.4, -0.2) is 32.4 Å². The largest absolute Gasteiger partial charge is 0.337 e. The molecule has 10 heteroatoms. The number of thiophene rings is 1. The first-order valence-corrected chi connectivity index (χ1v) is 11.3. The van der Waals surface area contributed by atoms with Gasteiger partial charge < -0.3 is 9.84 Å². The minimum atomic E-state index is -0.321. The SMILES string of the molecule is CCc1noc(Cn2c(=O)n(C3CCNCC3)c(=O)c3sc(-c4ccccc4)cc32)n1.Cl. The summed E-state index contributed by atoms with van der Waals surface area (Å²) in [5.41, 5.74) is 1.09. The summed E-state index contributed by atoms with van der Waals surface area (Å²) >= 11 is 1.42. The molecule has 0 atom stereocenters. The van der Waals surface area contributed by atoms with E-state index in [1.807, 2.05) is 43.3 Å². The summed E-state index contributed by atoms with van der Waals surface area (Å²) in [6.45, 7) is 3.66. The van der Waals surface area contributed by atoms with Gasteiger partial charge in [0, 0.05) is 17.3 Å². The van der Waals surface area contributed by atoms with Crippen LogP contribution in [0.1, 0.15) is 37.5 Å². The van der Waals surface area contributed by atoms with E-state index in [0.29, 0.717) is 28.4 Å². The molecular weight excluding hydrogens is 450 g/mol. The molecule has 168 valence electrons. The van der Waals surface area contributed by atoms with E-state index in [-0.39, 0.29) is 36.2 Å². The van der Waals surface area contributed by atoms with E-state index >= 15 is 0 Å². The molecule has 1 N–H and O–H groups in total. The molecule has 0 unspecified atom stereocenters. The lowest BCUT2D eigenvalue weighted by molar-refractivity contribution is 0.338. The smallest absolute Gasteiger partial charge is 0.332 e. The van der Waals surface area contributed by atoms with Crippen molar-refractivity contribution in [2.75, 3.05) is 13.1 Å². The molecule has 0 spiro atoms. The van der Waals surface area contributed by atoms with E-state index in [1.165, 1.54) is 15.9 Å². The maximum atomic E-state index is 13.5. The quantitative estimate of drug-likeness (QED) is 0.478. The summed E-state index contributed by atoms with van der Waals surface area (Å²) in [5, 5.41) is 7.24. The van der Waals surface area contributed by atoms with Gasteiger partial charge in [-0.25, -0.2) is 4.79 Å². The van der Waals surface area contributed by atoms with Crippen LogP contribution < -0.4 is 16.6 Å². The van der Waals surface area contributed by atoms with Gasteiger partial charge >= 0.3 is 5.69 Å². The third-order valence-electron chi connectivity index (χ3n) is 5.71. The number of piperidine rings is 1. The van der Waals surface area contributed by atoms with Gasteiger partial charge in [0.25, 0.3) is 5.56 Å². The Morgan fingerprint density at radius 3 is 2.62 bits per heavy atom. The van der Waals surface area contributed by atoms with Gasteiger partial charge in [0.1, 0.15) is 11.2 Å². The monoisotopic (exact) mass is 473 g/mol. The fraction of sp³-hybridized carbons (Fsp3) is 0.364. The lowest BCUT2D eigenvalue weighted by Crippen LogP contribution is -2.45. The molecule has 8 nitrogen and oxygen atoms in total. The summed E-state index contributed by atoms with van der Waals surface area (Å²) in [6, 6.07) is 11.7. The summed E-state index contributed by atoms with van der Waals surface area (Å²) in [4.78, 5) is 32.3. The zero-order valence-corrected chi connectivity index (χ0v) is 19.2. The zero-order chi connectivity index (χ0) is 21.4. The number of nitrogens with zero attached hydrogens (tertiary/aromatic N) is 4. The second-order valence-electron chi connectivity index (χ2n) is 7.67. The highest BCUT2D eigenvalue weighted by molar-refractivity contribution is 7.22. The molecule has 0 bridgehead atoms. The average molecular weight is 474 g/mol. The van der Waals surface area contributed by atoms with Gasteiger partial charge in [-0.2, -0.15) is 4.98 Å². The van der Waals surface area contributed by atoms with Crippen LogP contribution in [0.4, 0.5) is 0 Å². The Balaban J connectivity index is 0.00000245. The Kier molecular flexibility index (Phi) is 6.59. The van der Waals surface area contributed by atoms with Crippen LogP contribution in [0, 0.1) is 0 Å². The molecular formula is C22H24ClN5O3S. The second-order valence-corrected chi connectivity index (χ2v) is 8.73. The lowest BCUT2D eigenvalue weighted by atomic mass is 10.1. The van der Waals surface area contributed by atoms with E-state index in [2.05, 4.69) is 15.5 Å². The number of fused-ring (bicyclic) bond motifs is 1. The second kappa shape index (κ2) is 9.40. The lowest BCUT2D eigenvalue weighted by Gasteiger charge is -2.24. The molecule has 0 amide bonds. The number of aryl methyl sites for hydroxylation is 1. The molecule has 0 radical (unpaired) electrons. The van der Waals surface area contributed by atoms with Crippen molar-refractivity contribution in [3.63, 3.8) is 0 Å². The molecule has 4 aromatic rings. The van der Waals surface area contributed by atoms with Crippen LogP contribution in [0.5, 0.6) is 0 Å². The topological polar surface area (TPSA) is 95.0 Å². The van der Waals surface area contributed by atoms with Gasteiger partial charge in [-0.15, -0.1) is 23.7 Å². The van der Waals surface area contributed by atoms with Crippen LogP contribution in [0.25, 0.3) is 20.7 Å². The van der Waals surface area contributed by atoms with Crippen molar-refractivity contribution in [2.45, 2.75) is 38.8 Å². The summed E-state index contributed by atoms with van der Waals surface area (Å²) in [7, 11) is 0. The fourth-order valence-corrected chi connectivity index (χ4v) is 5.19. The van der Waals surface area contributed by atoms with Crippen molar-refractivity contribution in [3.05, 3.63) is 69.0 Å². The Bertz CT molecular complexity index is 1340. The minimum absolute atomic E-state index is 0. The molecule has 1 aliphatic heterocycles.